The molecule has 0 saturated carbocycles. The van der Waals surface area contributed by atoms with Crippen molar-refractivity contribution in [3.8, 4) is 0 Å². The zero-order valence-corrected chi connectivity index (χ0v) is 5.01. The molecule has 0 radical (unpaired) electrons. The van der Waals surface area contributed by atoms with E-state index in [2.05, 4.69) is 4.52 Å². The van der Waals surface area contributed by atoms with E-state index in [1.165, 1.54) is 0 Å². The van der Waals surface area contributed by atoms with Gasteiger partial charge in [-0.25, -0.2) is 8.96 Å². The van der Waals surface area contributed by atoms with Crippen molar-refractivity contribution in [2.45, 2.75) is 13.3 Å². The molecule has 0 aliphatic rings. The van der Waals surface area contributed by atoms with Crippen LogP contribution >= 0.6 is 7.82 Å². The summed E-state index contributed by atoms with van der Waals surface area (Å²) in [5.41, 5.74) is 0. The van der Waals surface area contributed by atoms with Gasteiger partial charge in [0, 0.05) is 0 Å². The lowest BCUT2D eigenvalue weighted by Gasteiger charge is -2.03. The van der Waals surface area contributed by atoms with Crippen LogP contribution in [0.1, 0.15) is 6.92 Å². The van der Waals surface area contributed by atoms with Gasteiger partial charge in [-0.2, -0.15) is 0 Å². The summed E-state index contributed by atoms with van der Waals surface area (Å²) in [6, 6.07) is 0. The van der Waals surface area contributed by atoms with Crippen molar-refractivity contribution in [1.29, 1.82) is 0 Å². The SMILES string of the molecule is CC(F)OP(=O)(O)O. The topological polar surface area (TPSA) is 66.8 Å². The quantitative estimate of drug-likeness (QED) is 0.551. The molecule has 4 nitrogen and oxygen atoms in total. The van der Waals surface area contributed by atoms with Gasteiger partial charge in [0.25, 0.3) is 0 Å². The van der Waals surface area contributed by atoms with Gasteiger partial charge in [-0.3, -0.25) is 4.52 Å². The summed E-state index contributed by atoms with van der Waals surface area (Å²) >= 11 is 0. The third kappa shape index (κ3) is 6.04. The molecule has 1 unspecified atom stereocenters. The molecule has 0 aromatic carbocycles. The number of hydrogen-bond acceptors (Lipinski definition) is 2. The highest BCUT2D eigenvalue weighted by molar-refractivity contribution is 7.46. The molecule has 0 aromatic rings. The van der Waals surface area contributed by atoms with Gasteiger partial charge in [-0.05, 0) is 6.92 Å². The Hall–Kier alpha value is 0.0400. The summed E-state index contributed by atoms with van der Waals surface area (Å²) in [6.45, 7) is 0.888. The largest absolute Gasteiger partial charge is 0.472 e. The van der Waals surface area contributed by atoms with E-state index >= 15 is 0 Å². The zero-order valence-electron chi connectivity index (χ0n) is 4.11. The Morgan fingerprint density at radius 2 is 2.12 bits per heavy atom. The van der Waals surface area contributed by atoms with Gasteiger partial charge in [0.05, 0.1) is 0 Å². The Kier molecular flexibility index (Phi) is 2.56. The third-order valence-corrected chi connectivity index (χ3v) is 0.848. The van der Waals surface area contributed by atoms with Crippen LogP contribution in [0.5, 0.6) is 0 Å². The van der Waals surface area contributed by atoms with Gasteiger partial charge in [-0.1, -0.05) is 0 Å². The predicted octanol–water partition coefficient (Wildman–Crippen LogP) is 0.411. The fraction of sp³-hybridized carbons (Fsp3) is 1.00. The van der Waals surface area contributed by atoms with Crippen LogP contribution in [-0.2, 0) is 9.09 Å². The van der Waals surface area contributed by atoms with Crippen LogP contribution in [0.25, 0.3) is 0 Å². The van der Waals surface area contributed by atoms with Crippen molar-refractivity contribution in [2.24, 2.45) is 0 Å². The van der Waals surface area contributed by atoms with Crippen molar-refractivity contribution in [1.82, 2.24) is 0 Å². The van der Waals surface area contributed by atoms with E-state index in [-0.39, 0.29) is 0 Å². The minimum Gasteiger partial charge on any atom is -0.303 e. The first-order chi connectivity index (χ1) is 3.42. The molecule has 0 aliphatic carbocycles. The maximum absolute atomic E-state index is 11.5. The molecule has 0 bridgehead atoms. The molecule has 50 valence electrons. The zero-order chi connectivity index (χ0) is 6.78. The second-order valence-corrected chi connectivity index (χ2v) is 2.33. The summed E-state index contributed by atoms with van der Waals surface area (Å²) < 4.78 is 24.6. The van der Waals surface area contributed by atoms with E-state index in [1.54, 1.807) is 0 Å². The van der Waals surface area contributed by atoms with Crippen LogP contribution < -0.4 is 0 Å². The number of hydrogen-bond donors (Lipinski definition) is 2. The van der Waals surface area contributed by atoms with E-state index in [4.69, 9.17) is 9.79 Å². The molecule has 8 heavy (non-hydrogen) atoms. The van der Waals surface area contributed by atoms with E-state index in [0.717, 1.165) is 6.92 Å². The van der Waals surface area contributed by atoms with Crippen molar-refractivity contribution in [2.75, 3.05) is 0 Å². The first-order valence-electron chi connectivity index (χ1n) is 1.80. The molecular formula is C2H6FO4P. The first kappa shape index (κ1) is 8.04. The maximum atomic E-state index is 11.5. The summed E-state index contributed by atoms with van der Waals surface area (Å²) in [7, 11) is -4.60. The monoisotopic (exact) mass is 144 g/mol. The summed E-state index contributed by atoms with van der Waals surface area (Å²) in [5, 5.41) is 0. The van der Waals surface area contributed by atoms with Crippen LogP contribution in [0, 0.1) is 0 Å². The predicted molar refractivity (Wildman–Crippen MR) is 23.7 cm³/mol. The van der Waals surface area contributed by atoms with Crippen molar-refractivity contribution in [3.63, 3.8) is 0 Å². The summed E-state index contributed by atoms with van der Waals surface area (Å²) in [6.07, 6.45) is -1.92. The van der Waals surface area contributed by atoms with Gasteiger partial charge in [0.2, 0.25) is 6.36 Å². The molecule has 0 amide bonds. The fourth-order valence-corrected chi connectivity index (χ4v) is 0.568. The summed E-state index contributed by atoms with van der Waals surface area (Å²) in [4.78, 5) is 15.7. The lowest BCUT2D eigenvalue weighted by atomic mass is 10.8. The molecule has 0 aliphatic heterocycles. The highest BCUT2D eigenvalue weighted by Gasteiger charge is 2.17. The number of phosphoric acid groups is 1. The number of alkyl halides is 1. The Labute approximate surface area is 45.5 Å². The van der Waals surface area contributed by atoms with Gasteiger partial charge in [-0.15, -0.1) is 0 Å². The van der Waals surface area contributed by atoms with E-state index in [1.807, 2.05) is 0 Å². The van der Waals surface area contributed by atoms with Crippen LogP contribution in [-0.4, -0.2) is 16.1 Å². The standard InChI is InChI=1S/C2H6FO4P/c1-2(3)7-8(4,5)6/h2H,1H3,(H2,4,5,6). The molecule has 0 heterocycles. The molecule has 0 rings (SSSR count). The number of halogens is 1. The molecule has 2 N–H and O–H groups in total. The second kappa shape index (κ2) is 2.55. The smallest absolute Gasteiger partial charge is 0.303 e. The minimum atomic E-state index is -4.60. The Morgan fingerprint density at radius 3 is 2.12 bits per heavy atom. The average molecular weight is 144 g/mol. The molecular weight excluding hydrogens is 138 g/mol. The number of phosphoric ester groups is 1. The Morgan fingerprint density at radius 1 is 1.75 bits per heavy atom. The van der Waals surface area contributed by atoms with Gasteiger partial charge in [0.15, 0.2) is 0 Å². The fourth-order valence-electron chi connectivity index (χ4n) is 0.189. The molecule has 6 heteroatoms. The summed E-state index contributed by atoms with van der Waals surface area (Å²) in [5.74, 6) is 0. The Bertz CT molecular complexity index is 107. The second-order valence-electron chi connectivity index (χ2n) is 1.14. The molecule has 0 spiro atoms. The molecule has 0 fully saturated rings. The highest BCUT2D eigenvalue weighted by atomic mass is 31.2. The highest BCUT2D eigenvalue weighted by Crippen LogP contribution is 2.37. The normalized spacial score (nSPS) is 16.0. The average Bonchev–Trinajstić information content (AvgIpc) is 1.21. The minimum absolute atomic E-state index is 0.888. The van der Waals surface area contributed by atoms with Crippen LogP contribution in [0.15, 0.2) is 0 Å². The lowest BCUT2D eigenvalue weighted by Crippen LogP contribution is -1.96. The van der Waals surface area contributed by atoms with E-state index in [9.17, 15) is 8.96 Å². The van der Waals surface area contributed by atoms with Crippen molar-refractivity contribution >= 4 is 7.82 Å². The maximum Gasteiger partial charge on any atom is 0.472 e. The first-order valence-corrected chi connectivity index (χ1v) is 3.33. The third-order valence-electron chi connectivity index (χ3n) is 0.283. The van der Waals surface area contributed by atoms with E-state index < -0.39 is 14.2 Å². The van der Waals surface area contributed by atoms with E-state index in [0.29, 0.717) is 0 Å². The lowest BCUT2D eigenvalue weighted by molar-refractivity contribution is 0.0508. The molecule has 0 saturated heterocycles. The molecule has 1 atom stereocenters. The number of rotatable bonds is 2. The van der Waals surface area contributed by atoms with Crippen molar-refractivity contribution < 1.29 is 23.3 Å². The van der Waals surface area contributed by atoms with Crippen molar-refractivity contribution in [3.05, 3.63) is 0 Å². The van der Waals surface area contributed by atoms with Crippen LogP contribution in [0.3, 0.4) is 0 Å². The Balaban J connectivity index is 3.56. The van der Waals surface area contributed by atoms with Gasteiger partial charge < -0.3 is 9.79 Å². The van der Waals surface area contributed by atoms with Crippen LogP contribution in [0.2, 0.25) is 0 Å². The van der Waals surface area contributed by atoms with Gasteiger partial charge in [0.1, 0.15) is 0 Å². The van der Waals surface area contributed by atoms with Gasteiger partial charge >= 0.3 is 7.82 Å². The van der Waals surface area contributed by atoms with Crippen LogP contribution in [0.4, 0.5) is 4.39 Å². The molecule has 0 aromatic heterocycles.